The van der Waals surface area contributed by atoms with Gasteiger partial charge in [0.05, 0.1) is 12.2 Å². The molecule has 0 spiro atoms. The first-order chi connectivity index (χ1) is 12.9. The highest BCUT2D eigenvalue weighted by molar-refractivity contribution is 7.07. The largest absolute Gasteiger partial charge is 0.322 e. The minimum Gasteiger partial charge on any atom is -0.314 e. The van der Waals surface area contributed by atoms with Crippen LogP contribution in [0.1, 0.15) is 37.6 Å². The van der Waals surface area contributed by atoms with Crippen LogP contribution < -0.4 is 5.32 Å². The topological polar surface area (TPSA) is 45.2 Å². The van der Waals surface area contributed by atoms with Crippen molar-refractivity contribution in [3.05, 3.63) is 82.3 Å². The predicted molar refractivity (Wildman–Crippen MR) is 112 cm³/mol. The highest BCUT2D eigenvalue weighted by atomic mass is 32.1. The molecule has 0 aliphatic carbocycles. The maximum absolute atomic E-state index is 12.9. The Balaban J connectivity index is 1.73. The van der Waals surface area contributed by atoms with E-state index >= 15 is 0 Å². The lowest BCUT2D eigenvalue weighted by Gasteiger charge is -2.23. The maximum atomic E-state index is 12.9. The van der Waals surface area contributed by atoms with Crippen molar-refractivity contribution in [3.63, 3.8) is 0 Å². The third kappa shape index (κ3) is 5.41. The van der Waals surface area contributed by atoms with Crippen molar-refractivity contribution < 1.29 is 4.79 Å². The summed E-state index contributed by atoms with van der Waals surface area (Å²) in [5, 5.41) is 7.11. The number of hydrogen-bond acceptors (Lipinski definition) is 3. The molecule has 4 nitrogen and oxygen atoms in total. The van der Waals surface area contributed by atoms with Gasteiger partial charge < -0.3 is 10.2 Å². The molecule has 0 aliphatic rings. The van der Waals surface area contributed by atoms with Gasteiger partial charge in [-0.3, -0.25) is 4.98 Å². The van der Waals surface area contributed by atoms with Crippen molar-refractivity contribution in [1.82, 2.24) is 9.88 Å². The number of anilines is 1. The highest BCUT2D eigenvalue weighted by Gasteiger charge is 2.17. The van der Waals surface area contributed by atoms with Gasteiger partial charge in [0.2, 0.25) is 0 Å². The van der Waals surface area contributed by atoms with E-state index in [-0.39, 0.29) is 11.4 Å². The minimum atomic E-state index is -0.129. The van der Waals surface area contributed by atoms with Gasteiger partial charge in [-0.05, 0) is 57.6 Å². The second kappa shape index (κ2) is 8.35. The summed E-state index contributed by atoms with van der Waals surface area (Å²) in [5.41, 5.74) is 4.11. The van der Waals surface area contributed by atoms with Crippen LogP contribution in [0.4, 0.5) is 10.5 Å². The van der Waals surface area contributed by atoms with Gasteiger partial charge in [-0.1, -0.05) is 39.0 Å². The lowest BCUT2D eigenvalue weighted by molar-refractivity contribution is 0.206. The Hall–Kier alpha value is -2.66. The van der Waals surface area contributed by atoms with Crippen molar-refractivity contribution in [1.29, 1.82) is 0 Å². The first-order valence-corrected chi connectivity index (χ1v) is 9.93. The van der Waals surface area contributed by atoms with E-state index in [2.05, 4.69) is 48.6 Å². The molecule has 0 fully saturated rings. The summed E-state index contributed by atoms with van der Waals surface area (Å²) in [6.45, 7) is 7.54. The van der Waals surface area contributed by atoms with E-state index < -0.39 is 0 Å². The summed E-state index contributed by atoms with van der Waals surface area (Å²) < 4.78 is 0. The Morgan fingerprint density at radius 3 is 2.44 bits per heavy atom. The fourth-order valence-electron chi connectivity index (χ4n) is 2.75. The van der Waals surface area contributed by atoms with Gasteiger partial charge in [0.25, 0.3) is 0 Å². The summed E-state index contributed by atoms with van der Waals surface area (Å²) in [6.07, 6.45) is 1.75. The van der Waals surface area contributed by atoms with Gasteiger partial charge in [0, 0.05) is 18.4 Å². The molecule has 1 aromatic carbocycles. The van der Waals surface area contributed by atoms with Crippen LogP contribution in [-0.2, 0) is 18.5 Å². The summed E-state index contributed by atoms with van der Waals surface area (Å²) in [5.74, 6) is 0. The number of hydrogen-bond donors (Lipinski definition) is 1. The zero-order valence-electron chi connectivity index (χ0n) is 16.0. The van der Waals surface area contributed by atoms with Crippen molar-refractivity contribution in [2.75, 3.05) is 5.32 Å². The van der Waals surface area contributed by atoms with Crippen molar-refractivity contribution in [2.24, 2.45) is 0 Å². The van der Waals surface area contributed by atoms with Crippen molar-refractivity contribution in [3.8, 4) is 0 Å². The third-order valence-corrected chi connectivity index (χ3v) is 5.05. The molecule has 2 amide bonds. The second-order valence-electron chi connectivity index (χ2n) is 7.57. The average molecular weight is 380 g/mol. The molecule has 2 heterocycles. The van der Waals surface area contributed by atoms with E-state index in [1.54, 1.807) is 22.4 Å². The number of rotatable bonds is 5. The van der Waals surface area contributed by atoms with Crippen LogP contribution >= 0.6 is 11.3 Å². The third-order valence-electron chi connectivity index (χ3n) is 4.32. The summed E-state index contributed by atoms with van der Waals surface area (Å²) in [7, 11) is 0. The monoisotopic (exact) mass is 379 g/mol. The lowest BCUT2D eigenvalue weighted by atomic mass is 9.87. The number of pyridine rings is 1. The molecule has 0 aliphatic heterocycles. The zero-order chi connectivity index (χ0) is 19.3. The van der Waals surface area contributed by atoms with E-state index in [0.717, 1.165) is 16.9 Å². The number of urea groups is 1. The second-order valence-corrected chi connectivity index (χ2v) is 8.35. The molecule has 140 valence electrons. The molecule has 0 unspecified atom stereocenters. The molecule has 2 aromatic heterocycles. The van der Waals surface area contributed by atoms with Crippen molar-refractivity contribution in [2.45, 2.75) is 39.3 Å². The molecule has 3 rings (SSSR count). The summed E-state index contributed by atoms with van der Waals surface area (Å²) in [4.78, 5) is 19.1. The summed E-state index contributed by atoms with van der Waals surface area (Å²) in [6, 6.07) is 15.7. The molecule has 1 N–H and O–H groups in total. The quantitative estimate of drug-likeness (QED) is 0.620. The Morgan fingerprint density at radius 1 is 1.07 bits per heavy atom. The Labute approximate surface area is 164 Å². The fourth-order valence-corrected chi connectivity index (χ4v) is 3.41. The van der Waals surface area contributed by atoms with Crippen LogP contribution in [0, 0.1) is 0 Å². The number of carbonyl (C=O) groups excluding carboxylic acids is 1. The van der Waals surface area contributed by atoms with Crippen molar-refractivity contribution >= 4 is 23.1 Å². The number of nitrogens with zero attached hydrogens (tertiary/aromatic N) is 2. The molecule has 3 aromatic rings. The standard InChI is InChI=1S/C22H25N3OS/c1-22(2,3)18-7-9-19(10-8-18)24-21(26)25(14-17-11-13-27-16-17)15-20-6-4-5-12-23-20/h4-13,16H,14-15H2,1-3H3,(H,24,26). The zero-order valence-corrected chi connectivity index (χ0v) is 16.8. The van der Waals surface area contributed by atoms with Gasteiger partial charge in [-0.25, -0.2) is 4.79 Å². The van der Waals surface area contributed by atoms with E-state index in [0.29, 0.717) is 13.1 Å². The number of benzene rings is 1. The maximum Gasteiger partial charge on any atom is 0.322 e. The normalized spacial score (nSPS) is 11.2. The number of nitrogens with one attached hydrogen (secondary N) is 1. The molecule has 0 saturated carbocycles. The molecular formula is C22H25N3OS. The fraction of sp³-hybridized carbons (Fsp3) is 0.273. The SMILES string of the molecule is CC(C)(C)c1ccc(NC(=O)N(Cc2ccsc2)Cc2ccccn2)cc1. The molecule has 0 atom stereocenters. The van der Waals surface area contributed by atoms with Gasteiger partial charge in [0.1, 0.15) is 0 Å². The lowest BCUT2D eigenvalue weighted by Crippen LogP contribution is -2.34. The van der Waals surface area contributed by atoms with Crippen LogP contribution in [-0.4, -0.2) is 15.9 Å². The molecule has 0 bridgehead atoms. The van der Waals surface area contributed by atoms with Crippen LogP contribution in [0.3, 0.4) is 0 Å². The van der Waals surface area contributed by atoms with Gasteiger partial charge >= 0.3 is 6.03 Å². The predicted octanol–water partition coefficient (Wildman–Crippen LogP) is 5.67. The summed E-state index contributed by atoms with van der Waals surface area (Å²) >= 11 is 1.63. The van der Waals surface area contributed by atoms with Gasteiger partial charge in [0.15, 0.2) is 0 Å². The highest BCUT2D eigenvalue weighted by Crippen LogP contribution is 2.24. The smallest absolute Gasteiger partial charge is 0.314 e. The molecule has 5 heteroatoms. The average Bonchev–Trinajstić information content (AvgIpc) is 3.15. The number of thiophene rings is 1. The van der Waals surface area contributed by atoms with Gasteiger partial charge in [-0.15, -0.1) is 0 Å². The Bertz CT molecular complexity index is 853. The minimum absolute atomic E-state index is 0.0898. The molecule has 0 saturated heterocycles. The van der Waals surface area contributed by atoms with E-state index in [4.69, 9.17) is 0 Å². The van der Waals surface area contributed by atoms with Crippen LogP contribution in [0.5, 0.6) is 0 Å². The van der Waals surface area contributed by atoms with E-state index in [1.165, 1.54) is 5.56 Å². The van der Waals surface area contributed by atoms with E-state index in [9.17, 15) is 4.79 Å². The van der Waals surface area contributed by atoms with Crippen LogP contribution in [0.15, 0.2) is 65.5 Å². The number of carbonyl (C=O) groups is 1. The molecule has 27 heavy (non-hydrogen) atoms. The first-order valence-electron chi connectivity index (χ1n) is 8.99. The first kappa shape index (κ1) is 19.1. The Kier molecular flexibility index (Phi) is 5.91. The van der Waals surface area contributed by atoms with Gasteiger partial charge in [-0.2, -0.15) is 11.3 Å². The molecular weight excluding hydrogens is 354 g/mol. The van der Waals surface area contributed by atoms with E-state index in [1.807, 2.05) is 41.8 Å². The van der Waals surface area contributed by atoms with Crippen LogP contribution in [0.2, 0.25) is 0 Å². The number of aromatic nitrogens is 1. The van der Waals surface area contributed by atoms with Crippen LogP contribution in [0.25, 0.3) is 0 Å². The number of amides is 2. The Morgan fingerprint density at radius 2 is 1.85 bits per heavy atom. The molecule has 0 radical (unpaired) electrons.